The van der Waals surface area contributed by atoms with Gasteiger partial charge in [-0.1, -0.05) is 43.7 Å². The van der Waals surface area contributed by atoms with Gasteiger partial charge in [0, 0.05) is 22.5 Å². The molecule has 3 N–H and O–H groups in total. The lowest BCUT2D eigenvalue weighted by Crippen LogP contribution is -2.41. The van der Waals surface area contributed by atoms with Crippen LogP contribution < -0.4 is 11.1 Å². The van der Waals surface area contributed by atoms with Gasteiger partial charge >= 0.3 is 0 Å². The lowest BCUT2D eigenvalue weighted by Gasteiger charge is -2.23. The average molecular weight is 285 g/mol. The molecular weight excluding hydrogens is 268 g/mol. The summed E-state index contributed by atoms with van der Waals surface area (Å²) in [5.41, 5.74) is 6.67. The zero-order valence-corrected chi connectivity index (χ0v) is 12.3. The van der Waals surface area contributed by atoms with Crippen LogP contribution in [0.3, 0.4) is 0 Å². The van der Waals surface area contributed by atoms with Crippen molar-refractivity contribution in [2.24, 2.45) is 11.1 Å². The van der Waals surface area contributed by atoms with Crippen LogP contribution in [-0.4, -0.2) is 17.4 Å². The number of amides is 1. The summed E-state index contributed by atoms with van der Waals surface area (Å²) >= 11 is 10.9. The van der Waals surface area contributed by atoms with Gasteiger partial charge in [-0.3, -0.25) is 4.79 Å². The van der Waals surface area contributed by atoms with Gasteiger partial charge in [-0.05, 0) is 24.6 Å². The second-order valence-electron chi connectivity index (χ2n) is 4.89. The van der Waals surface area contributed by atoms with Gasteiger partial charge < -0.3 is 11.1 Å². The molecule has 3 nitrogen and oxygen atoms in total. The van der Waals surface area contributed by atoms with Gasteiger partial charge in [-0.2, -0.15) is 0 Å². The summed E-state index contributed by atoms with van der Waals surface area (Å²) in [6.45, 7) is 6.06. The maximum absolute atomic E-state index is 11.9. The van der Waals surface area contributed by atoms with Crippen molar-refractivity contribution in [1.82, 2.24) is 5.32 Å². The molecule has 18 heavy (non-hydrogen) atoms. The number of hydrogen-bond acceptors (Lipinski definition) is 2. The van der Waals surface area contributed by atoms with E-state index in [0.29, 0.717) is 22.1 Å². The molecule has 0 saturated carbocycles. The molecule has 0 bridgehead atoms. The second-order valence-corrected chi connectivity index (χ2v) is 5.74. The third kappa shape index (κ3) is 3.68. The largest absolute Gasteiger partial charge is 0.393 e. The van der Waals surface area contributed by atoms with Crippen LogP contribution in [0.4, 0.5) is 0 Å². The lowest BCUT2D eigenvalue weighted by molar-refractivity contribution is 0.0945. The molecule has 0 aliphatic heterocycles. The third-order valence-electron chi connectivity index (χ3n) is 2.79. The lowest BCUT2D eigenvalue weighted by atomic mass is 9.93. The smallest absolute Gasteiger partial charge is 0.251 e. The summed E-state index contributed by atoms with van der Waals surface area (Å²) in [5, 5.41) is 3.38. The fourth-order valence-electron chi connectivity index (χ4n) is 1.22. The molecule has 0 fully saturated rings. The van der Waals surface area contributed by atoms with Crippen molar-refractivity contribution in [3.63, 3.8) is 0 Å². The van der Waals surface area contributed by atoms with E-state index in [1.807, 2.05) is 26.8 Å². The van der Waals surface area contributed by atoms with Crippen molar-refractivity contribution in [3.8, 4) is 0 Å². The van der Waals surface area contributed by atoms with Gasteiger partial charge in [-0.25, -0.2) is 0 Å². The molecule has 0 radical (unpaired) electrons. The Balaban J connectivity index is 2.72. The minimum Gasteiger partial charge on any atom is -0.393 e. The van der Waals surface area contributed by atoms with Crippen LogP contribution in [0.1, 0.15) is 29.8 Å². The van der Waals surface area contributed by atoms with Crippen molar-refractivity contribution < 1.29 is 4.79 Å². The van der Waals surface area contributed by atoms with E-state index in [1.165, 1.54) is 0 Å². The van der Waals surface area contributed by atoms with Crippen molar-refractivity contribution in [1.29, 1.82) is 0 Å². The van der Waals surface area contributed by atoms with E-state index >= 15 is 0 Å². The normalized spacial score (nSPS) is 11.1. The Labute approximate surface area is 118 Å². The Morgan fingerprint density at radius 2 is 2.11 bits per heavy atom. The molecule has 1 rings (SSSR count). The first-order valence-corrected chi connectivity index (χ1v) is 6.37. The quantitative estimate of drug-likeness (QED) is 0.836. The molecular formula is C13H17ClN2OS. The highest BCUT2D eigenvalue weighted by atomic mass is 35.5. The minimum atomic E-state index is -0.403. The molecule has 0 atom stereocenters. The van der Waals surface area contributed by atoms with E-state index in [4.69, 9.17) is 29.6 Å². The molecule has 1 aromatic rings. The van der Waals surface area contributed by atoms with Crippen molar-refractivity contribution >= 4 is 34.7 Å². The summed E-state index contributed by atoms with van der Waals surface area (Å²) < 4.78 is 0. The maximum atomic E-state index is 11.9. The van der Waals surface area contributed by atoms with E-state index in [-0.39, 0.29) is 5.91 Å². The molecule has 0 aliphatic carbocycles. The molecule has 0 saturated heterocycles. The van der Waals surface area contributed by atoms with Gasteiger partial charge in [-0.15, -0.1) is 0 Å². The maximum Gasteiger partial charge on any atom is 0.251 e. The Kier molecular flexibility index (Phi) is 4.71. The van der Waals surface area contributed by atoms with Gasteiger partial charge in [0.2, 0.25) is 0 Å². The minimum absolute atomic E-state index is 0.179. The summed E-state index contributed by atoms with van der Waals surface area (Å²) in [4.78, 5) is 12.3. The first-order valence-electron chi connectivity index (χ1n) is 5.58. The number of carbonyl (C=O) groups is 1. The van der Waals surface area contributed by atoms with E-state index in [1.54, 1.807) is 12.1 Å². The molecule has 98 valence electrons. The summed E-state index contributed by atoms with van der Waals surface area (Å²) in [6, 6.07) is 5.21. The first kappa shape index (κ1) is 14.9. The number of thiocarbonyl (C=S) groups is 1. The van der Waals surface area contributed by atoms with Crippen LogP contribution >= 0.6 is 23.8 Å². The third-order valence-corrected chi connectivity index (χ3v) is 3.75. The number of rotatable bonds is 4. The molecule has 0 unspecified atom stereocenters. The van der Waals surface area contributed by atoms with Gasteiger partial charge in [0.25, 0.3) is 5.91 Å². The Morgan fingerprint density at radius 3 is 2.61 bits per heavy atom. The van der Waals surface area contributed by atoms with E-state index in [2.05, 4.69) is 5.32 Å². The molecule has 5 heteroatoms. The summed E-state index contributed by atoms with van der Waals surface area (Å²) in [6.07, 6.45) is 0. The van der Waals surface area contributed by atoms with Gasteiger partial charge in [0.1, 0.15) is 0 Å². The number of carbonyl (C=O) groups excluding carboxylic acids is 1. The van der Waals surface area contributed by atoms with Crippen LogP contribution in [0.5, 0.6) is 0 Å². The van der Waals surface area contributed by atoms with E-state index in [0.717, 1.165) is 5.56 Å². The number of hydrogen-bond donors (Lipinski definition) is 2. The van der Waals surface area contributed by atoms with Crippen LogP contribution in [0.25, 0.3) is 0 Å². The number of nitrogens with one attached hydrogen (secondary N) is 1. The monoisotopic (exact) mass is 284 g/mol. The van der Waals surface area contributed by atoms with Gasteiger partial charge in [0.05, 0.1) is 4.99 Å². The Bertz CT molecular complexity index is 486. The topological polar surface area (TPSA) is 55.1 Å². The average Bonchev–Trinajstić information content (AvgIpc) is 2.29. The van der Waals surface area contributed by atoms with Crippen LogP contribution in [-0.2, 0) is 0 Å². The van der Waals surface area contributed by atoms with E-state index < -0.39 is 5.41 Å². The molecule has 0 aromatic heterocycles. The highest BCUT2D eigenvalue weighted by Crippen LogP contribution is 2.17. The molecule has 1 aromatic carbocycles. The van der Waals surface area contributed by atoms with Crippen LogP contribution in [0.2, 0.25) is 5.02 Å². The van der Waals surface area contributed by atoms with Crippen LogP contribution in [0.15, 0.2) is 18.2 Å². The zero-order chi connectivity index (χ0) is 13.9. The summed E-state index contributed by atoms with van der Waals surface area (Å²) in [7, 11) is 0. The SMILES string of the molecule is Cc1ccc(C(=O)NCC(C)(C)C(N)=S)cc1Cl. The fraction of sp³-hybridized carbons (Fsp3) is 0.385. The van der Waals surface area contributed by atoms with Crippen molar-refractivity contribution in [2.75, 3.05) is 6.54 Å². The Hall–Kier alpha value is -1.13. The Morgan fingerprint density at radius 1 is 1.50 bits per heavy atom. The van der Waals surface area contributed by atoms with E-state index in [9.17, 15) is 4.79 Å². The van der Waals surface area contributed by atoms with Crippen molar-refractivity contribution in [2.45, 2.75) is 20.8 Å². The molecule has 0 heterocycles. The number of aryl methyl sites for hydroxylation is 1. The van der Waals surface area contributed by atoms with Gasteiger partial charge in [0.15, 0.2) is 0 Å². The zero-order valence-electron chi connectivity index (χ0n) is 10.7. The predicted molar refractivity (Wildman–Crippen MR) is 79.1 cm³/mol. The number of halogens is 1. The molecule has 0 aliphatic rings. The highest BCUT2D eigenvalue weighted by Gasteiger charge is 2.22. The predicted octanol–water partition coefficient (Wildman–Crippen LogP) is 2.69. The molecule has 0 spiro atoms. The first-order chi connectivity index (χ1) is 8.24. The second kappa shape index (κ2) is 5.67. The standard InChI is InChI=1S/C13H17ClN2OS/c1-8-4-5-9(6-10(8)14)11(17)16-7-13(2,3)12(15)18/h4-6H,7H2,1-3H3,(H2,15,18)(H,16,17). The highest BCUT2D eigenvalue weighted by molar-refractivity contribution is 7.80. The number of nitrogens with two attached hydrogens (primary N) is 1. The number of benzene rings is 1. The van der Waals surface area contributed by atoms with Crippen LogP contribution in [0, 0.1) is 12.3 Å². The molecule has 1 amide bonds. The summed E-state index contributed by atoms with van der Waals surface area (Å²) in [5.74, 6) is -0.179. The van der Waals surface area contributed by atoms with Crippen molar-refractivity contribution in [3.05, 3.63) is 34.3 Å². The fourth-order valence-corrected chi connectivity index (χ4v) is 1.48.